The van der Waals surface area contributed by atoms with Gasteiger partial charge in [-0.05, 0) is 43.7 Å². The van der Waals surface area contributed by atoms with E-state index in [1.165, 1.54) is 6.20 Å². The minimum atomic E-state index is -0.393. The molecule has 132 valence electrons. The number of para-hydroxylation sites is 1. The van der Waals surface area contributed by atoms with Gasteiger partial charge >= 0.3 is 5.97 Å². The molecule has 0 amide bonds. The molecule has 0 aliphatic heterocycles. The predicted molar refractivity (Wildman–Crippen MR) is 100.0 cm³/mol. The number of benzene rings is 2. The first-order valence-electron chi connectivity index (χ1n) is 8.22. The quantitative estimate of drug-likeness (QED) is 0.653. The molecule has 0 aliphatic carbocycles. The Morgan fingerprint density at radius 1 is 1.12 bits per heavy atom. The van der Waals surface area contributed by atoms with Crippen LogP contribution in [0.5, 0.6) is 0 Å². The zero-order valence-corrected chi connectivity index (χ0v) is 14.6. The third-order valence-electron chi connectivity index (χ3n) is 3.52. The van der Waals surface area contributed by atoms with Crippen LogP contribution in [0.1, 0.15) is 22.8 Å². The number of nitrogens with zero attached hydrogens (tertiary/aromatic N) is 3. The maximum absolute atomic E-state index is 12.1. The molecule has 1 heterocycles. The lowest BCUT2D eigenvalue weighted by molar-refractivity contribution is 0.0527. The molecule has 0 unspecified atom stereocenters. The van der Waals surface area contributed by atoms with Crippen molar-refractivity contribution in [2.75, 3.05) is 17.2 Å². The molecule has 2 aromatic carbocycles. The summed E-state index contributed by atoms with van der Waals surface area (Å²) < 4.78 is 5.08. The number of hydrogen-bond donors (Lipinski definition) is 2. The number of hydrogen-bond acceptors (Lipinski definition) is 7. The van der Waals surface area contributed by atoms with Crippen molar-refractivity contribution < 1.29 is 9.53 Å². The molecule has 0 fully saturated rings. The molecule has 3 rings (SSSR count). The van der Waals surface area contributed by atoms with Gasteiger partial charge in [0.1, 0.15) is 0 Å². The first-order valence-corrected chi connectivity index (χ1v) is 8.22. The zero-order chi connectivity index (χ0) is 18.4. The molecule has 0 spiro atoms. The molecule has 3 aromatic rings. The van der Waals surface area contributed by atoms with Crippen LogP contribution < -0.4 is 10.6 Å². The maximum Gasteiger partial charge on any atom is 0.340 e. The number of nitrogens with one attached hydrogen (secondary N) is 2. The fraction of sp³-hybridized carbons (Fsp3) is 0.158. The van der Waals surface area contributed by atoms with Crippen molar-refractivity contribution in [3.05, 3.63) is 65.9 Å². The van der Waals surface area contributed by atoms with Gasteiger partial charge in [0, 0.05) is 5.69 Å². The molecule has 0 radical (unpaired) electrons. The Balaban J connectivity index is 1.80. The summed E-state index contributed by atoms with van der Waals surface area (Å²) in [6, 6.07) is 14.9. The van der Waals surface area contributed by atoms with Crippen molar-refractivity contribution in [2.45, 2.75) is 13.8 Å². The number of ether oxygens (including phenoxy) is 1. The average Bonchev–Trinajstić information content (AvgIpc) is 2.63. The summed E-state index contributed by atoms with van der Waals surface area (Å²) in [5, 5.41) is 14.2. The van der Waals surface area contributed by atoms with Gasteiger partial charge in [0.05, 0.1) is 24.1 Å². The number of anilines is 4. The highest BCUT2D eigenvalue weighted by Gasteiger charge is 2.12. The Morgan fingerprint density at radius 2 is 1.96 bits per heavy atom. The Kier molecular flexibility index (Phi) is 5.38. The third kappa shape index (κ3) is 4.32. The van der Waals surface area contributed by atoms with E-state index < -0.39 is 5.97 Å². The molecule has 26 heavy (non-hydrogen) atoms. The van der Waals surface area contributed by atoms with Gasteiger partial charge < -0.3 is 15.4 Å². The molecular formula is C19H19N5O2. The molecule has 2 N–H and O–H groups in total. The number of carbonyl (C=O) groups excluding carboxylic acids is 1. The van der Waals surface area contributed by atoms with E-state index in [2.05, 4.69) is 25.8 Å². The van der Waals surface area contributed by atoms with Gasteiger partial charge in [0.25, 0.3) is 0 Å². The Morgan fingerprint density at radius 3 is 2.77 bits per heavy atom. The molecule has 0 aliphatic rings. The van der Waals surface area contributed by atoms with Crippen LogP contribution >= 0.6 is 0 Å². The fourth-order valence-electron chi connectivity index (χ4n) is 2.39. The molecule has 7 heteroatoms. The highest BCUT2D eigenvalue weighted by Crippen LogP contribution is 2.21. The topological polar surface area (TPSA) is 89.0 Å². The third-order valence-corrected chi connectivity index (χ3v) is 3.52. The van der Waals surface area contributed by atoms with Gasteiger partial charge in [-0.2, -0.15) is 10.1 Å². The summed E-state index contributed by atoms with van der Waals surface area (Å²) in [5.74, 6) is 0.428. The van der Waals surface area contributed by atoms with Crippen LogP contribution in [-0.4, -0.2) is 27.8 Å². The molecule has 0 atom stereocenters. The molecule has 7 nitrogen and oxygen atoms in total. The number of aryl methyl sites for hydroxylation is 1. The second kappa shape index (κ2) is 8.06. The summed E-state index contributed by atoms with van der Waals surface area (Å²) in [6.07, 6.45) is 1.49. The van der Waals surface area contributed by atoms with Crippen molar-refractivity contribution >= 4 is 29.1 Å². The molecule has 1 aromatic heterocycles. The fourth-order valence-corrected chi connectivity index (χ4v) is 2.39. The first-order chi connectivity index (χ1) is 12.7. The SMILES string of the molecule is CCOC(=O)c1ccccc1Nc1cnnc(Nc2cccc(C)c2)n1. The van der Waals surface area contributed by atoms with E-state index in [1.54, 1.807) is 25.1 Å². The van der Waals surface area contributed by atoms with E-state index in [-0.39, 0.29) is 0 Å². The van der Waals surface area contributed by atoms with Crippen LogP contribution in [0.2, 0.25) is 0 Å². The minimum Gasteiger partial charge on any atom is -0.462 e. The van der Waals surface area contributed by atoms with Gasteiger partial charge in [-0.1, -0.05) is 24.3 Å². The minimum absolute atomic E-state index is 0.312. The van der Waals surface area contributed by atoms with Crippen molar-refractivity contribution in [3.8, 4) is 0 Å². The lowest BCUT2D eigenvalue weighted by Gasteiger charge is -2.11. The van der Waals surface area contributed by atoms with Crippen molar-refractivity contribution in [3.63, 3.8) is 0 Å². The lowest BCUT2D eigenvalue weighted by Crippen LogP contribution is -2.09. The summed E-state index contributed by atoms with van der Waals surface area (Å²) >= 11 is 0. The normalized spacial score (nSPS) is 10.2. The predicted octanol–water partition coefficient (Wildman–Crippen LogP) is 3.84. The largest absolute Gasteiger partial charge is 0.462 e. The second-order valence-corrected chi connectivity index (χ2v) is 5.55. The molecule has 0 saturated heterocycles. The van der Waals surface area contributed by atoms with Gasteiger partial charge in [-0.25, -0.2) is 4.79 Å². The zero-order valence-electron chi connectivity index (χ0n) is 14.6. The Labute approximate surface area is 151 Å². The van der Waals surface area contributed by atoms with Crippen LogP contribution in [0.4, 0.5) is 23.1 Å². The van der Waals surface area contributed by atoms with E-state index in [9.17, 15) is 4.79 Å². The Hall–Kier alpha value is -3.48. The van der Waals surface area contributed by atoms with E-state index >= 15 is 0 Å². The highest BCUT2D eigenvalue weighted by molar-refractivity contribution is 5.96. The first kappa shape index (κ1) is 17.3. The van der Waals surface area contributed by atoms with E-state index in [0.717, 1.165) is 11.3 Å². The number of carbonyl (C=O) groups is 1. The summed E-state index contributed by atoms with van der Waals surface area (Å²) in [7, 11) is 0. The number of rotatable bonds is 6. The van der Waals surface area contributed by atoms with Crippen LogP contribution in [0.15, 0.2) is 54.7 Å². The molecule has 0 bridgehead atoms. The van der Waals surface area contributed by atoms with Crippen LogP contribution in [-0.2, 0) is 4.74 Å². The van der Waals surface area contributed by atoms with Crippen molar-refractivity contribution in [1.29, 1.82) is 0 Å². The van der Waals surface area contributed by atoms with Crippen molar-refractivity contribution in [2.24, 2.45) is 0 Å². The Bertz CT molecular complexity index is 914. The average molecular weight is 349 g/mol. The van der Waals surface area contributed by atoms with Crippen molar-refractivity contribution in [1.82, 2.24) is 15.2 Å². The van der Waals surface area contributed by atoms with Gasteiger partial charge in [0.2, 0.25) is 5.95 Å². The van der Waals surface area contributed by atoms with Gasteiger partial charge in [0.15, 0.2) is 5.82 Å². The summed E-state index contributed by atoms with van der Waals surface area (Å²) in [4.78, 5) is 16.5. The number of esters is 1. The summed E-state index contributed by atoms with van der Waals surface area (Å²) in [6.45, 7) is 4.09. The van der Waals surface area contributed by atoms with E-state index in [0.29, 0.717) is 29.6 Å². The monoisotopic (exact) mass is 349 g/mol. The van der Waals surface area contributed by atoms with E-state index in [4.69, 9.17) is 4.74 Å². The molecular weight excluding hydrogens is 330 g/mol. The highest BCUT2D eigenvalue weighted by atomic mass is 16.5. The number of aromatic nitrogens is 3. The second-order valence-electron chi connectivity index (χ2n) is 5.55. The maximum atomic E-state index is 12.1. The van der Waals surface area contributed by atoms with Crippen LogP contribution in [0, 0.1) is 6.92 Å². The smallest absolute Gasteiger partial charge is 0.340 e. The van der Waals surface area contributed by atoms with E-state index in [1.807, 2.05) is 37.3 Å². The molecule has 0 saturated carbocycles. The van der Waals surface area contributed by atoms with Gasteiger partial charge in [-0.15, -0.1) is 5.10 Å². The van der Waals surface area contributed by atoms with Crippen LogP contribution in [0.25, 0.3) is 0 Å². The van der Waals surface area contributed by atoms with Gasteiger partial charge in [-0.3, -0.25) is 0 Å². The summed E-state index contributed by atoms with van der Waals surface area (Å²) in [5.41, 5.74) is 3.02. The van der Waals surface area contributed by atoms with Crippen LogP contribution in [0.3, 0.4) is 0 Å². The lowest BCUT2D eigenvalue weighted by atomic mass is 10.2. The standard InChI is InChI=1S/C19H19N5O2/c1-3-26-18(25)15-9-4-5-10-16(15)22-17-12-20-24-19(23-17)21-14-8-6-7-13(2)11-14/h4-12H,3H2,1-2H3,(H2,21,22,23,24).